The Labute approximate surface area is 116 Å². The highest BCUT2D eigenvalue weighted by Gasteiger charge is 2.08. The van der Waals surface area contributed by atoms with Gasteiger partial charge in [-0.3, -0.25) is 4.79 Å². The number of rotatable bonds is 8. The summed E-state index contributed by atoms with van der Waals surface area (Å²) in [5.41, 5.74) is 5.83. The van der Waals surface area contributed by atoms with Crippen molar-refractivity contribution in [1.82, 2.24) is 10.3 Å². The van der Waals surface area contributed by atoms with Gasteiger partial charge in [-0.05, 0) is 0 Å². The van der Waals surface area contributed by atoms with E-state index in [9.17, 15) is 4.79 Å². The zero-order chi connectivity index (χ0) is 12.5. The van der Waals surface area contributed by atoms with Gasteiger partial charge in [0.2, 0.25) is 0 Å². The number of ether oxygens (including phenoxy) is 2. The number of halogens is 1. The summed E-state index contributed by atoms with van der Waals surface area (Å²) in [5.74, 6) is -0.198. The summed E-state index contributed by atoms with van der Waals surface area (Å²) in [6, 6.07) is 0. The second kappa shape index (κ2) is 10.2. The third-order valence-electron chi connectivity index (χ3n) is 1.92. The van der Waals surface area contributed by atoms with Gasteiger partial charge in [-0.25, -0.2) is 4.98 Å². The maximum Gasteiger partial charge on any atom is 0.270 e. The summed E-state index contributed by atoms with van der Waals surface area (Å²) < 4.78 is 10.0. The van der Waals surface area contributed by atoms with Crippen LogP contribution in [0.5, 0.6) is 0 Å². The maximum absolute atomic E-state index is 11.6. The average Bonchev–Trinajstić information content (AvgIpc) is 2.82. The van der Waals surface area contributed by atoms with E-state index in [1.165, 1.54) is 11.3 Å². The number of carbonyl (C=O) groups excluding carboxylic acids is 1. The molecule has 1 amide bonds. The van der Waals surface area contributed by atoms with E-state index in [4.69, 9.17) is 15.2 Å². The smallest absolute Gasteiger partial charge is 0.270 e. The summed E-state index contributed by atoms with van der Waals surface area (Å²) in [6.07, 6.45) is 0. The maximum atomic E-state index is 11.6. The molecular weight excluding hydrogens is 278 g/mol. The first-order valence-electron chi connectivity index (χ1n) is 5.27. The normalized spacial score (nSPS) is 9.89. The van der Waals surface area contributed by atoms with Crippen LogP contribution in [0.1, 0.15) is 15.5 Å². The Kier molecular flexibility index (Phi) is 9.80. The van der Waals surface area contributed by atoms with Crippen LogP contribution >= 0.6 is 23.7 Å². The number of thiazole rings is 1. The zero-order valence-electron chi connectivity index (χ0n) is 10.2. The van der Waals surface area contributed by atoms with Gasteiger partial charge in [0, 0.05) is 25.6 Å². The van der Waals surface area contributed by atoms with E-state index in [1.54, 1.807) is 12.5 Å². The second-order valence-electron chi connectivity index (χ2n) is 3.19. The highest BCUT2D eigenvalue weighted by atomic mass is 35.5. The zero-order valence-corrected chi connectivity index (χ0v) is 11.8. The van der Waals surface area contributed by atoms with Gasteiger partial charge >= 0.3 is 0 Å². The Hall–Kier alpha value is -0.730. The van der Waals surface area contributed by atoms with Gasteiger partial charge in [-0.15, -0.1) is 23.7 Å². The molecule has 0 aliphatic rings. The molecule has 0 unspecified atom stereocenters. The number of nitrogens with one attached hydrogen (secondary N) is 1. The van der Waals surface area contributed by atoms with Gasteiger partial charge in [0.1, 0.15) is 10.7 Å². The number of hydrogen-bond acceptors (Lipinski definition) is 6. The molecule has 0 fully saturated rings. The molecule has 0 bridgehead atoms. The van der Waals surface area contributed by atoms with Crippen LogP contribution in [0.4, 0.5) is 0 Å². The fraction of sp³-hybridized carbons (Fsp3) is 0.600. The van der Waals surface area contributed by atoms with E-state index < -0.39 is 0 Å². The van der Waals surface area contributed by atoms with Crippen molar-refractivity contribution >= 4 is 29.7 Å². The number of nitrogens with two attached hydrogens (primary N) is 1. The molecule has 0 saturated carbocycles. The van der Waals surface area contributed by atoms with E-state index in [0.29, 0.717) is 38.6 Å². The first-order chi connectivity index (χ1) is 8.27. The molecule has 1 heterocycles. The largest absolute Gasteiger partial charge is 0.382 e. The lowest BCUT2D eigenvalue weighted by Crippen LogP contribution is -2.27. The lowest BCUT2D eigenvalue weighted by atomic mass is 10.4. The number of nitrogens with zero attached hydrogens (tertiary/aromatic N) is 1. The van der Waals surface area contributed by atoms with Crippen molar-refractivity contribution in [2.75, 3.05) is 33.5 Å². The van der Waals surface area contributed by atoms with Crippen molar-refractivity contribution in [2.45, 2.75) is 6.54 Å². The molecule has 0 aliphatic carbocycles. The minimum atomic E-state index is -0.198. The van der Waals surface area contributed by atoms with Gasteiger partial charge in [0.05, 0.1) is 19.8 Å². The fourth-order valence-electron chi connectivity index (χ4n) is 1.08. The van der Waals surface area contributed by atoms with Crippen molar-refractivity contribution in [3.05, 3.63) is 16.1 Å². The number of carbonyl (C=O) groups is 1. The van der Waals surface area contributed by atoms with Gasteiger partial charge < -0.3 is 20.5 Å². The van der Waals surface area contributed by atoms with Gasteiger partial charge in [0.15, 0.2) is 0 Å². The van der Waals surface area contributed by atoms with E-state index >= 15 is 0 Å². The number of aromatic nitrogens is 1. The Morgan fingerprint density at radius 1 is 1.50 bits per heavy atom. The Bertz CT molecular complexity index is 349. The fourth-order valence-corrected chi connectivity index (χ4v) is 1.74. The lowest BCUT2D eigenvalue weighted by molar-refractivity contribution is 0.0692. The van der Waals surface area contributed by atoms with Crippen LogP contribution in [-0.2, 0) is 16.0 Å². The average molecular weight is 296 g/mol. The molecule has 3 N–H and O–H groups in total. The van der Waals surface area contributed by atoms with Crippen molar-refractivity contribution in [1.29, 1.82) is 0 Å². The van der Waals surface area contributed by atoms with Crippen LogP contribution in [0.25, 0.3) is 0 Å². The molecule has 0 radical (unpaired) electrons. The molecule has 18 heavy (non-hydrogen) atoms. The molecule has 104 valence electrons. The van der Waals surface area contributed by atoms with Crippen molar-refractivity contribution < 1.29 is 14.3 Å². The Morgan fingerprint density at radius 3 is 2.89 bits per heavy atom. The van der Waals surface area contributed by atoms with Crippen LogP contribution in [0.2, 0.25) is 0 Å². The minimum absolute atomic E-state index is 0. The molecule has 8 heteroatoms. The monoisotopic (exact) mass is 295 g/mol. The van der Waals surface area contributed by atoms with Crippen LogP contribution in [-0.4, -0.2) is 44.4 Å². The lowest BCUT2D eigenvalue weighted by Gasteiger charge is -2.04. The third-order valence-corrected chi connectivity index (χ3v) is 2.79. The van der Waals surface area contributed by atoms with Crippen LogP contribution in [0.3, 0.4) is 0 Å². The van der Waals surface area contributed by atoms with Crippen LogP contribution < -0.4 is 11.1 Å². The highest BCUT2D eigenvalue weighted by molar-refractivity contribution is 7.09. The Balaban J connectivity index is 0.00000289. The predicted molar refractivity (Wildman–Crippen MR) is 72.3 cm³/mol. The molecule has 1 aromatic rings. The number of amides is 1. The molecule has 1 rings (SSSR count). The molecule has 6 nitrogen and oxygen atoms in total. The summed E-state index contributed by atoms with van der Waals surface area (Å²) in [7, 11) is 1.61. The molecule has 0 spiro atoms. The topological polar surface area (TPSA) is 86.5 Å². The number of methoxy groups -OCH3 is 1. The molecule has 0 aromatic carbocycles. The molecule has 0 atom stereocenters. The van der Waals surface area contributed by atoms with Gasteiger partial charge in [0.25, 0.3) is 5.91 Å². The van der Waals surface area contributed by atoms with E-state index in [-0.39, 0.29) is 18.3 Å². The molecule has 1 aromatic heterocycles. The van der Waals surface area contributed by atoms with E-state index in [1.807, 2.05) is 0 Å². The van der Waals surface area contributed by atoms with E-state index in [0.717, 1.165) is 5.01 Å². The van der Waals surface area contributed by atoms with Gasteiger partial charge in [-0.2, -0.15) is 0 Å². The standard InChI is InChI=1S/C10H17N3O3S.ClH/c1-15-4-5-16-3-2-12-10(14)8-7-17-9(6-11)13-8;/h7H,2-6,11H2,1H3,(H,12,14);1H. The molecular formula is C10H18ClN3O3S. The SMILES string of the molecule is COCCOCCNC(=O)c1csc(CN)n1.Cl. The summed E-state index contributed by atoms with van der Waals surface area (Å²) in [4.78, 5) is 15.7. The molecule has 0 saturated heterocycles. The minimum Gasteiger partial charge on any atom is -0.382 e. The predicted octanol–water partition coefficient (Wildman–Crippen LogP) is 0.416. The van der Waals surface area contributed by atoms with Crippen molar-refractivity contribution in [3.8, 4) is 0 Å². The first kappa shape index (κ1) is 17.3. The van der Waals surface area contributed by atoms with Gasteiger partial charge in [-0.1, -0.05) is 0 Å². The summed E-state index contributed by atoms with van der Waals surface area (Å²) in [6.45, 7) is 2.36. The van der Waals surface area contributed by atoms with Crippen LogP contribution in [0, 0.1) is 0 Å². The molecule has 0 aliphatic heterocycles. The highest BCUT2D eigenvalue weighted by Crippen LogP contribution is 2.08. The summed E-state index contributed by atoms with van der Waals surface area (Å²) in [5, 5.41) is 5.17. The van der Waals surface area contributed by atoms with Crippen molar-refractivity contribution in [3.63, 3.8) is 0 Å². The first-order valence-corrected chi connectivity index (χ1v) is 6.15. The number of hydrogen-bond donors (Lipinski definition) is 2. The quantitative estimate of drug-likeness (QED) is 0.679. The Morgan fingerprint density at radius 2 is 2.28 bits per heavy atom. The van der Waals surface area contributed by atoms with Crippen molar-refractivity contribution in [2.24, 2.45) is 5.73 Å². The van der Waals surface area contributed by atoms with Crippen LogP contribution in [0.15, 0.2) is 5.38 Å². The summed E-state index contributed by atoms with van der Waals surface area (Å²) >= 11 is 1.38. The van der Waals surface area contributed by atoms with E-state index in [2.05, 4.69) is 10.3 Å². The third kappa shape index (κ3) is 6.27. The second-order valence-corrected chi connectivity index (χ2v) is 4.13.